The molecule has 0 spiro atoms. The van der Waals surface area contributed by atoms with Crippen LogP contribution in [0.3, 0.4) is 0 Å². The first-order valence-electron chi connectivity index (χ1n) is 8.85. The highest BCUT2D eigenvalue weighted by molar-refractivity contribution is 8.01. The number of anilines is 2. The number of nitrogens with two attached hydrogens (primary N) is 1. The van der Waals surface area contributed by atoms with Gasteiger partial charge in [0.15, 0.2) is 4.34 Å². The van der Waals surface area contributed by atoms with E-state index in [-0.39, 0.29) is 23.1 Å². The molecule has 7 nitrogen and oxygen atoms in total. The second-order valence-electron chi connectivity index (χ2n) is 6.10. The molecule has 3 N–H and O–H groups in total. The zero-order valence-corrected chi connectivity index (χ0v) is 17.2. The van der Waals surface area contributed by atoms with Crippen molar-refractivity contribution >= 4 is 40.0 Å². The Morgan fingerprint density at radius 3 is 2.37 bits per heavy atom. The predicted octanol–water partition coefficient (Wildman–Crippen LogP) is 4.65. The number of benzene rings is 2. The first kappa shape index (κ1) is 19.7. The van der Waals surface area contributed by atoms with E-state index in [4.69, 9.17) is 10.2 Å². The molecule has 0 bridgehead atoms. The van der Waals surface area contributed by atoms with Crippen molar-refractivity contribution in [2.75, 3.05) is 16.8 Å². The van der Waals surface area contributed by atoms with Crippen molar-refractivity contribution in [3.05, 3.63) is 66.2 Å². The van der Waals surface area contributed by atoms with Gasteiger partial charge in [0.25, 0.3) is 0 Å². The van der Waals surface area contributed by atoms with Crippen molar-refractivity contribution in [2.45, 2.75) is 4.34 Å². The first-order valence-corrected chi connectivity index (χ1v) is 10.6. The van der Waals surface area contributed by atoms with Crippen molar-refractivity contribution in [1.82, 2.24) is 10.2 Å². The number of carbonyl (C=O) groups is 1. The molecular weight excluding hydrogens is 418 g/mol. The summed E-state index contributed by atoms with van der Waals surface area (Å²) >= 11 is 2.42. The van der Waals surface area contributed by atoms with E-state index >= 15 is 0 Å². The zero-order valence-electron chi connectivity index (χ0n) is 15.5. The van der Waals surface area contributed by atoms with Crippen molar-refractivity contribution < 1.29 is 9.21 Å². The van der Waals surface area contributed by atoms with E-state index in [0.717, 1.165) is 11.1 Å². The summed E-state index contributed by atoms with van der Waals surface area (Å²) in [5.74, 6) is 0.413. The summed E-state index contributed by atoms with van der Waals surface area (Å²) in [6, 6.07) is 21.1. The molecule has 0 aliphatic carbocycles. The van der Waals surface area contributed by atoms with Crippen LogP contribution in [0.2, 0.25) is 0 Å². The maximum atomic E-state index is 12.5. The molecule has 2 aromatic heterocycles. The molecule has 0 radical (unpaired) electrons. The molecule has 2 aromatic carbocycles. The highest BCUT2D eigenvalue weighted by Crippen LogP contribution is 2.41. The van der Waals surface area contributed by atoms with E-state index in [1.165, 1.54) is 23.1 Å². The van der Waals surface area contributed by atoms with Crippen molar-refractivity contribution in [3.63, 3.8) is 0 Å². The SMILES string of the molecule is N#Cc1c(NC(=O)CSc2nnc(N)s2)oc(-c2ccccc2)c1-c1ccccc1. The normalized spacial score (nSPS) is 10.5. The van der Waals surface area contributed by atoms with Crippen LogP contribution in [0.25, 0.3) is 22.5 Å². The second-order valence-corrected chi connectivity index (χ2v) is 8.33. The largest absolute Gasteiger partial charge is 0.438 e. The molecule has 2 heterocycles. The van der Waals surface area contributed by atoms with Crippen LogP contribution >= 0.6 is 23.1 Å². The van der Waals surface area contributed by atoms with E-state index in [2.05, 4.69) is 21.6 Å². The minimum atomic E-state index is -0.321. The molecule has 1 amide bonds. The first-order chi connectivity index (χ1) is 14.7. The number of furan rings is 1. The zero-order chi connectivity index (χ0) is 20.9. The summed E-state index contributed by atoms with van der Waals surface area (Å²) in [4.78, 5) is 12.5. The number of amides is 1. The highest BCUT2D eigenvalue weighted by Gasteiger charge is 2.24. The van der Waals surface area contributed by atoms with Gasteiger partial charge in [-0.1, -0.05) is 83.8 Å². The Bertz CT molecular complexity index is 1210. The van der Waals surface area contributed by atoms with Gasteiger partial charge in [-0.2, -0.15) is 5.26 Å². The molecule has 148 valence electrons. The van der Waals surface area contributed by atoms with Crippen molar-refractivity contribution in [3.8, 4) is 28.5 Å². The lowest BCUT2D eigenvalue weighted by molar-refractivity contribution is -0.113. The Morgan fingerprint density at radius 2 is 1.77 bits per heavy atom. The van der Waals surface area contributed by atoms with Gasteiger partial charge in [0.2, 0.25) is 16.9 Å². The molecular formula is C21H15N5O2S2. The van der Waals surface area contributed by atoms with Crippen molar-refractivity contribution in [2.24, 2.45) is 0 Å². The summed E-state index contributed by atoms with van der Waals surface area (Å²) in [7, 11) is 0. The third-order valence-electron chi connectivity index (χ3n) is 4.12. The average Bonchev–Trinajstić information content (AvgIpc) is 3.36. The molecule has 0 aliphatic rings. The molecule has 4 aromatic rings. The summed E-state index contributed by atoms with van der Waals surface area (Å²) in [6.45, 7) is 0. The minimum Gasteiger partial charge on any atom is -0.438 e. The van der Waals surface area contributed by atoms with Crippen LogP contribution in [0.15, 0.2) is 69.4 Å². The molecule has 0 unspecified atom stereocenters. The molecule has 0 saturated heterocycles. The second kappa shape index (κ2) is 8.82. The van der Waals surface area contributed by atoms with Crippen LogP contribution in [0, 0.1) is 11.3 Å². The fourth-order valence-corrected chi connectivity index (χ4v) is 4.30. The van der Waals surface area contributed by atoms with Crippen LogP contribution in [0.1, 0.15) is 5.56 Å². The van der Waals surface area contributed by atoms with Crippen molar-refractivity contribution in [1.29, 1.82) is 5.26 Å². The molecule has 0 atom stereocenters. The number of hydrogen-bond acceptors (Lipinski definition) is 8. The quantitative estimate of drug-likeness (QED) is 0.425. The average molecular weight is 434 g/mol. The Kier molecular flexibility index (Phi) is 5.79. The molecule has 0 fully saturated rings. The van der Waals surface area contributed by atoms with Crippen LogP contribution in [0.5, 0.6) is 0 Å². The summed E-state index contributed by atoms with van der Waals surface area (Å²) < 4.78 is 6.59. The number of hydrogen-bond donors (Lipinski definition) is 2. The number of nitriles is 1. The highest BCUT2D eigenvalue weighted by atomic mass is 32.2. The fourth-order valence-electron chi connectivity index (χ4n) is 2.87. The van der Waals surface area contributed by atoms with E-state index in [9.17, 15) is 10.1 Å². The van der Waals surface area contributed by atoms with Gasteiger partial charge in [-0.3, -0.25) is 10.1 Å². The molecule has 0 saturated carbocycles. The van der Waals surface area contributed by atoms with Gasteiger partial charge in [0, 0.05) is 11.1 Å². The van der Waals surface area contributed by atoms with Crippen LogP contribution in [0.4, 0.5) is 11.0 Å². The number of rotatable bonds is 6. The molecule has 9 heteroatoms. The smallest absolute Gasteiger partial charge is 0.237 e. The number of thioether (sulfide) groups is 1. The van der Waals surface area contributed by atoms with Gasteiger partial charge in [-0.25, -0.2) is 0 Å². The lowest BCUT2D eigenvalue weighted by Gasteiger charge is -2.03. The van der Waals surface area contributed by atoms with Gasteiger partial charge < -0.3 is 10.2 Å². The number of aromatic nitrogens is 2. The van der Waals surface area contributed by atoms with Gasteiger partial charge in [-0.05, 0) is 5.56 Å². The lowest BCUT2D eigenvalue weighted by atomic mass is 9.98. The van der Waals surface area contributed by atoms with Gasteiger partial charge in [0.05, 0.1) is 5.75 Å². The van der Waals surface area contributed by atoms with Crippen LogP contribution in [-0.2, 0) is 4.79 Å². The van der Waals surface area contributed by atoms with Gasteiger partial charge in [0.1, 0.15) is 17.4 Å². The number of nitrogens with zero attached hydrogens (tertiary/aromatic N) is 3. The number of carbonyl (C=O) groups excluding carboxylic acids is 1. The topological polar surface area (TPSA) is 118 Å². The number of nitrogens with one attached hydrogen (secondary N) is 1. The summed E-state index contributed by atoms with van der Waals surface area (Å²) in [5, 5.41) is 20.5. The van der Waals surface area contributed by atoms with Gasteiger partial charge >= 0.3 is 0 Å². The van der Waals surface area contributed by atoms with E-state index in [1.807, 2.05) is 60.7 Å². The Balaban J connectivity index is 1.67. The van der Waals surface area contributed by atoms with Gasteiger partial charge in [-0.15, -0.1) is 10.2 Å². The third kappa shape index (κ3) is 4.20. The Morgan fingerprint density at radius 1 is 1.10 bits per heavy atom. The molecule has 4 rings (SSSR count). The summed E-state index contributed by atoms with van der Waals surface area (Å²) in [5.41, 5.74) is 8.12. The summed E-state index contributed by atoms with van der Waals surface area (Å²) in [6.07, 6.45) is 0. The van der Waals surface area contributed by atoms with E-state index in [1.54, 1.807) is 0 Å². The van der Waals surface area contributed by atoms with E-state index in [0.29, 0.717) is 20.8 Å². The minimum absolute atomic E-state index is 0.0849. The molecule has 30 heavy (non-hydrogen) atoms. The number of nitrogen functional groups attached to an aromatic ring is 1. The maximum Gasteiger partial charge on any atom is 0.237 e. The van der Waals surface area contributed by atoms with E-state index < -0.39 is 0 Å². The Hall–Kier alpha value is -3.61. The molecule has 0 aliphatic heterocycles. The fraction of sp³-hybridized carbons (Fsp3) is 0.0476. The lowest BCUT2D eigenvalue weighted by Crippen LogP contribution is -2.14. The predicted molar refractivity (Wildman–Crippen MR) is 118 cm³/mol. The Labute approximate surface area is 180 Å². The third-order valence-corrected chi connectivity index (χ3v) is 6.01. The van der Waals surface area contributed by atoms with Crippen LogP contribution < -0.4 is 11.1 Å². The monoisotopic (exact) mass is 433 g/mol. The van der Waals surface area contributed by atoms with Crippen LogP contribution in [-0.4, -0.2) is 21.9 Å². The standard InChI is InChI=1S/C21H15N5O2S2/c22-11-15-17(13-7-3-1-4-8-13)18(14-9-5-2-6-10-14)28-19(15)24-16(27)12-29-21-26-25-20(23)30-21/h1-10H,12H2,(H2,23,25)(H,24,27). The maximum absolute atomic E-state index is 12.5.